The van der Waals surface area contributed by atoms with Crippen molar-refractivity contribution in [3.8, 4) is 0 Å². The van der Waals surface area contributed by atoms with Crippen LogP contribution in [0.15, 0.2) is 46.9 Å². The Balaban J connectivity index is 2.01. The van der Waals surface area contributed by atoms with Gasteiger partial charge in [0.1, 0.15) is 5.82 Å². The Kier molecular flexibility index (Phi) is 5.74. The second-order valence-corrected chi connectivity index (χ2v) is 5.99. The fourth-order valence-electron chi connectivity index (χ4n) is 1.71. The zero-order valence-electron chi connectivity index (χ0n) is 12.0. The summed E-state index contributed by atoms with van der Waals surface area (Å²) in [6.07, 6.45) is -1.04. The van der Waals surface area contributed by atoms with E-state index in [4.69, 9.17) is 16.3 Å². The molecule has 0 saturated heterocycles. The summed E-state index contributed by atoms with van der Waals surface area (Å²) in [4.78, 5) is 24.1. The van der Waals surface area contributed by atoms with Gasteiger partial charge < -0.3 is 10.1 Å². The molecular formula is C16H12BrClFNO3. The summed E-state index contributed by atoms with van der Waals surface area (Å²) in [5.74, 6) is -1.65. The van der Waals surface area contributed by atoms with Crippen LogP contribution in [-0.4, -0.2) is 18.0 Å². The summed E-state index contributed by atoms with van der Waals surface area (Å²) in [5.41, 5.74) is 0.558. The van der Waals surface area contributed by atoms with Crippen LogP contribution in [0.1, 0.15) is 17.3 Å². The van der Waals surface area contributed by atoms with Gasteiger partial charge in [-0.2, -0.15) is 0 Å². The standard InChI is InChI=1S/C16H12BrClFNO3/c1-9(15(21)20-12-5-3-11(19)4-6-12)23-16(22)13-8-10(17)2-7-14(13)18/h2-9H,1H3,(H,20,21). The number of ether oxygens (including phenoxy) is 1. The average Bonchev–Trinajstić information content (AvgIpc) is 2.51. The van der Waals surface area contributed by atoms with Gasteiger partial charge in [0, 0.05) is 10.2 Å². The maximum Gasteiger partial charge on any atom is 0.340 e. The molecule has 120 valence electrons. The van der Waals surface area contributed by atoms with Gasteiger partial charge in [-0.15, -0.1) is 0 Å². The van der Waals surface area contributed by atoms with Crippen LogP contribution in [0, 0.1) is 5.82 Å². The number of nitrogens with one attached hydrogen (secondary N) is 1. The van der Waals surface area contributed by atoms with Crippen LogP contribution in [0.4, 0.5) is 10.1 Å². The fourth-order valence-corrected chi connectivity index (χ4v) is 2.26. The Morgan fingerprint density at radius 1 is 1.22 bits per heavy atom. The van der Waals surface area contributed by atoms with Crippen molar-refractivity contribution in [3.05, 3.63) is 63.3 Å². The van der Waals surface area contributed by atoms with Gasteiger partial charge in [-0.3, -0.25) is 4.79 Å². The molecule has 0 radical (unpaired) electrons. The van der Waals surface area contributed by atoms with Gasteiger partial charge in [-0.1, -0.05) is 27.5 Å². The van der Waals surface area contributed by atoms with Crippen molar-refractivity contribution < 1.29 is 18.7 Å². The van der Waals surface area contributed by atoms with E-state index in [1.165, 1.54) is 37.3 Å². The predicted molar refractivity (Wildman–Crippen MR) is 89.1 cm³/mol. The van der Waals surface area contributed by atoms with Crippen molar-refractivity contribution in [1.29, 1.82) is 0 Å². The van der Waals surface area contributed by atoms with Crippen LogP contribution in [0.25, 0.3) is 0 Å². The number of anilines is 1. The molecule has 0 bridgehead atoms. The lowest BCUT2D eigenvalue weighted by Crippen LogP contribution is -2.30. The van der Waals surface area contributed by atoms with Gasteiger partial charge in [-0.05, 0) is 49.4 Å². The largest absolute Gasteiger partial charge is 0.449 e. The molecule has 0 spiro atoms. The summed E-state index contributed by atoms with van der Waals surface area (Å²) in [6.45, 7) is 1.43. The van der Waals surface area contributed by atoms with E-state index in [0.717, 1.165) is 0 Å². The number of halogens is 3. The number of hydrogen-bond donors (Lipinski definition) is 1. The summed E-state index contributed by atoms with van der Waals surface area (Å²) in [6, 6.07) is 9.99. The molecule has 4 nitrogen and oxygen atoms in total. The molecule has 2 rings (SSSR count). The second kappa shape index (κ2) is 7.57. The first-order valence-corrected chi connectivity index (χ1v) is 7.76. The van der Waals surface area contributed by atoms with Crippen molar-refractivity contribution in [2.45, 2.75) is 13.0 Å². The molecule has 1 N–H and O–H groups in total. The van der Waals surface area contributed by atoms with Crippen molar-refractivity contribution >= 4 is 45.1 Å². The predicted octanol–water partition coefficient (Wildman–Crippen LogP) is 4.43. The monoisotopic (exact) mass is 399 g/mol. The molecule has 0 aliphatic carbocycles. The third-order valence-electron chi connectivity index (χ3n) is 2.91. The SMILES string of the molecule is CC(OC(=O)c1cc(Br)ccc1Cl)C(=O)Nc1ccc(F)cc1. The molecule has 0 aliphatic rings. The zero-order chi connectivity index (χ0) is 17.0. The molecule has 0 aromatic heterocycles. The minimum Gasteiger partial charge on any atom is -0.449 e. The second-order valence-electron chi connectivity index (χ2n) is 4.67. The molecule has 0 aliphatic heterocycles. The van der Waals surface area contributed by atoms with Crippen LogP contribution in [0.5, 0.6) is 0 Å². The van der Waals surface area contributed by atoms with Gasteiger partial charge in [-0.25, -0.2) is 9.18 Å². The average molecular weight is 401 g/mol. The zero-order valence-corrected chi connectivity index (χ0v) is 14.3. The van der Waals surface area contributed by atoms with Crippen LogP contribution >= 0.6 is 27.5 Å². The summed E-state index contributed by atoms with van der Waals surface area (Å²) in [5, 5.41) is 2.75. The number of esters is 1. The van der Waals surface area contributed by atoms with E-state index in [1.54, 1.807) is 12.1 Å². The van der Waals surface area contributed by atoms with Crippen LogP contribution in [0.3, 0.4) is 0 Å². The molecule has 0 saturated carbocycles. The van der Waals surface area contributed by atoms with E-state index in [1.807, 2.05) is 0 Å². The van der Waals surface area contributed by atoms with Crippen LogP contribution in [0.2, 0.25) is 5.02 Å². The Labute approximate surface area is 145 Å². The lowest BCUT2D eigenvalue weighted by molar-refractivity contribution is -0.123. The molecule has 0 heterocycles. The molecule has 1 atom stereocenters. The molecule has 2 aromatic rings. The van der Waals surface area contributed by atoms with E-state index in [-0.39, 0.29) is 10.6 Å². The lowest BCUT2D eigenvalue weighted by atomic mass is 10.2. The van der Waals surface area contributed by atoms with E-state index in [9.17, 15) is 14.0 Å². The normalized spacial score (nSPS) is 11.7. The van der Waals surface area contributed by atoms with E-state index >= 15 is 0 Å². The maximum atomic E-state index is 12.8. The molecular weight excluding hydrogens is 389 g/mol. The molecule has 7 heteroatoms. The first-order valence-electron chi connectivity index (χ1n) is 6.59. The Morgan fingerprint density at radius 2 is 1.87 bits per heavy atom. The lowest BCUT2D eigenvalue weighted by Gasteiger charge is -2.14. The highest BCUT2D eigenvalue weighted by atomic mass is 79.9. The Hall–Kier alpha value is -1.92. The highest BCUT2D eigenvalue weighted by Crippen LogP contribution is 2.22. The Morgan fingerprint density at radius 3 is 2.52 bits per heavy atom. The molecule has 1 amide bonds. The highest BCUT2D eigenvalue weighted by Gasteiger charge is 2.21. The first-order chi connectivity index (χ1) is 10.9. The third kappa shape index (κ3) is 4.77. The number of rotatable bonds is 4. The quantitative estimate of drug-likeness (QED) is 0.773. The van der Waals surface area contributed by atoms with Gasteiger partial charge in [0.2, 0.25) is 0 Å². The number of carbonyl (C=O) groups excluding carboxylic acids is 2. The molecule has 23 heavy (non-hydrogen) atoms. The first kappa shape index (κ1) is 17.4. The van der Waals surface area contributed by atoms with Crippen molar-refractivity contribution in [1.82, 2.24) is 0 Å². The number of hydrogen-bond acceptors (Lipinski definition) is 3. The van der Waals surface area contributed by atoms with Crippen molar-refractivity contribution in [2.75, 3.05) is 5.32 Å². The van der Waals surface area contributed by atoms with Crippen LogP contribution < -0.4 is 5.32 Å². The van der Waals surface area contributed by atoms with Gasteiger partial charge in [0.15, 0.2) is 6.10 Å². The number of amides is 1. The minimum absolute atomic E-state index is 0.155. The van der Waals surface area contributed by atoms with Crippen molar-refractivity contribution in [3.63, 3.8) is 0 Å². The molecule has 0 fully saturated rings. The van der Waals surface area contributed by atoms with Crippen LogP contribution in [-0.2, 0) is 9.53 Å². The summed E-state index contributed by atoms with van der Waals surface area (Å²) in [7, 11) is 0. The van der Waals surface area contributed by atoms with Crippen molar-refractivity contribution in [2.24, 2.45) is 0 Å². The van der Waals surface area contributed by atoms with Gasteiger partial charge >= 0.3 is 5.97 Å². The fraction of sp³-hybridized carbons (Fsp3) is 0.125. The minimum atomic E-state index is -1.04. The smallest absolute Gasteiger partial charge is 0.340 e. The Bertz CT molecular complexity index is 737. The summed E-state index contributed by atoms with van der Waals surface area (Å²) < 4.78 is 18.6. The maximum absolute atomic E-state index is 12.8. The topological polar surface area (TPSA) is 55.4 Å². The number of benzene rings is 2. The molecule has 2 aromatic carbocycles. The molecule has 1 unspecified atom stereocenters. The van der Waals surface area contributed by atoms with Gasteiger partial charge in [0.25, 0.3) is 5.91 Å². The number of carbonyl (C=O) groups is 2. The third-order valence-corrected chi connectivity index (χ3v) is 3.74. The van der Waals surface area contributed by atoms with E-state index in [0.29, 0.717) is 10.2 Å². The van der Waals surface area contributed by atoms with E-state index < -0.39 is 23.8 Å². The van der Waals surface area contributed by atoms with Gasteiger partial charge in [0.05, 0.1) is 10.6 Å². The van der Waals surface area contributed by atoms with E-state index in [2.05, 4.69) is 21.2 Å². The highest BCUT2D eigenvalue weighted by molar-refractivity contribution is 9.10. The summed E-state index contributed by atoms with van der Waals surface area (Å²) >= 11 is 9.17.